The van der Waals surface area contributed by atoms with Crippen molar-refractivity contribution in [3.05, 3.63) is 48.0 Å². The van der Waals surface area contributed by atoms with Gasteiger partial charge in [-0.15, -0.1) is 0 Å². The Morgan fingerprint density at radius 3 is 2.37 bits per heavy atom. The molecule has 2 aromatic carbocycles. The van der Waals surface area contributed by atoms with Crippen LogP contribution >= 0.6 is 0 Å². The standard InChI is InChI=1S/C11H11NO.C3H5N3/c1-7-6-10(12)11(13)9-5-3-2-4-8(7)9;1-3-4-2-5-6-3/h2-6,13H,12H2,1H3;2H,1H3,(H,4,5,6). The number of anilines is 1. The third kappa shape index (κ3) is 2.82. The SMILES string of the molecule is Cc1cc(N)c(O)c2ccccc12.Cc1ncn[nH]1. The van der Waals surface area contributed by atoms with Gasteiger partial charge in [0.1, 0.15) is 17.9 Å². The number of hydrogen-bond donors (Lipinski definition) is 3. The minimum atomic E-state index is 0.182. The van der Waals surface area contributed by atoms with Crippen molar-refractivity contribution in [1.82, 2.24) is 15.2 Å². The number of nitrogens with zero attached hydrogens (tertiary/aromatic N) is 2. The Hall–Kier alpha value is -2.56. The van der Waals surface area contributed by atoms with Gasteiger partial charge in [0.25, 0.3) is 0 Å². The van der Waals surface area contributed by atoms with Crippen LogP contribution in [0.5, 0.6) is 5.75 Å². The van der Waals surface area contributed by atoms with Crippen molar-refractivity contribution in [3.8, 4) is 5.75 Å². The molecule has 0 saturated heterocycles. The zero-order valence-electron chi connectivity index (χ0n) is 10.9. The van der Waals surface area contributed by atoms with Gasteiger partial charge in [-0.25, -0.2) is 4.98 Å². The summed E-state index contributed by atoms with van der Waals surface area (Å²) in [6.07, 6.45) is 1.48. The van der Waals surface area contributed by atoms with Gasteiger partial charge in [0, 0.05) is 5.39 Å². The van der Waals surface area contributed by atoms with Gasteiger partial charge < -0.3 is 10.8 Å². The Labute approximate surface area is 111 Å². The van der Waals surface area contributed by atoms with E-state index in [1.165, 1.54) is 6.33 Å². The number of rotatable bonds is 0. The third-order valence-electron chi connectivity index (χ3n) is 2.79. The average Bonchev–Trinajstić information content (AvgIpc) is 2.88. The Bertz CT molecular complexity index is 677. The number of benzene rings is 2. The molecular weight excluding hydrogens is 240 g/mol. The lowest BCUT2D eigenvalue weighted by atomic mass is 10.0. The molecule has 0 bridgehead atoms. The van der Waals surface area contributed by atoms with Crippen LogP contribution in [-0.2, 0) is 0 Å². The van der Waals surface area contributed by atoms with Gasteiger partial charge in [-0.2, -0.15) is 5.10 Å². The minimum Gasteiger partial charge on any atom is -0.505 e. The number of aromatic nitrogens is 3. The highest BCUT2D eigenvalue weighted by Gasteiger charge is 2.05. The van der Waals surface area contributed by atoms with Crippen LogP contribution in [0.4, 0.5) is 5.69 Å². The number of fused-ring (bicyclic) bond motifs is 1. The predicted molar refractivity (Wildman–Crippen MR) is 75.9 cm³/mol. The third-order valence-corrected chi connectivity index (χ3v) is 2.79. The molecule has 5 nitrogen and oxygen atoms in total. The first-order chi connectivity index (χ1) is 9.09. The van der Waals surface area contributed by atoms with Crippen LogP contribution < -0.4 is 5.73 Å². The zero-order chi connectivity index (χ0) is 13.8. The molecule has 0 aliphatic rings. The van der Waals surface area contributed by atoms with Crippen LogP contribution in [0.2, 0.25) is 0 Å². The second-order valence-corrected chi connectivity index (χ2v) is 4.25. The predicted octanol–water partition coefficient (Wildman–Crippen LogP) is 2.55. The van der Waals surface area contributed by atoms with Crippen LogP contribution in [0.1, 0.15) is 11.4 Å². The number of nitrogen functional groups attached to an aromatic ring is 1. The molecule has 1 aromatic heterocycles. The van der Waals surface area contributed by atoms with Gasteiger partial charge in [0.05, 0.1) is 5.69 Å². The molecule has 0 amide bonds. The Morgan fingerprint density at radius 1 is 1.16 bits per heavy atom. The second-order valence-electron chi connectivity index (χ2n) is 4.25. The summed E-state index contributed by atoms with van der Waals surface area (Å²) in [7, 11) is 0. The van der Waals surface area contributed by atoms with Crippen LogP contribution in [-0.4, -0.2) is 20.3 Å². The summed E-state index contributed by atoms with van der Waals surface area (Å²) in [5.41, 5.74) is 7.17. The molecule has 0 aliphatic carbocycles. The number of aryl methyl sites for hydroxylation is 2. The summed E-state index contributed by atoms with van der Waals surface area (Å²) in [6.45, 7) is 3.84. The van der Waals surface area contributed by atoms with Crippen molar-refractivity contribution in [2.45, 2.75) is 13.8 Å². The maximum absolute atomic E-state index is 9.66. The van der Waals surface area contributed by atoms with Crippen molar-refractivity contribution in [2.24, 2.45) is 0 Å². The molecule has 5 heteroatoms. The van der Waals surface area contributed by atoms with E-state index >= 15 is 0 Å². The van der Waals surface area contributed by atoms with Crippen molar-refractivity contribution in [1.29, 1.82) is 0 Å². The number of phenolic OH excluding ortho intramolecular Hbond substituents is 1. The maximum Gasteiger partial charge on any atom is 0.146 e. The summed E-state index contributed by atoms with van der Waals surface area (Å²) >= 11 is 0. The molecule has 0 saturated carbocycles. The van der Waals surface area contributed by atoms with Gasteiger partial charge in [-0.3, -0.25) is 5.10 Å². The lowest BCUT2D eigenvalue weighted by Crippen LogP contribution is -1.88. The summed E-state index contributed by atoms with van der Waals surface area (Å²) in [6, 6.07) is 9.47. The highest BCUT2D eigenvalue weighted by Crippen LogP contribution is 2.32. The molecular formula is C14H16N4O. The van der Waals surface area contributed by atoms with E-state index < -0.39 is 0 Å². The van der Waals surface area contributed by atoms with Crippen LogP contribution in [0.25, 0.3) is 10.8 Å². The first-order valence-electron chi connectivity index (χ1n) is 5.88. The van der Waals surface area contributed by atoms with Crippen molar-refractivity contribution in [3.63, 3.8) is 0 Å². The average molecular weight is 256 g/mol. The smallest absolute Gasteiger partial charge is 0.146 e. The van der Waals surface area contributed by atoms with Gasteiger partial charge in [0.15, 0.2) is 0 Å². The van der Waals surface area contributed by atoms with Gasteiger partial charge in [-0.1, -0.05) is 24.3 Å². The van der Waals surface area contributed by atoms with Crippen LogP contribution in [0.15, 0.2) is 36.7 Å². The van der Waals surface area contributed by atoms with Gasteiger partial charge >= 0.3 is 0 Å². The lowest BCUT2D eigenvalue weighted by molar-refractivity contribution is 0.484. The van der Waals surface area contributed by atoms with Gasteiger partial charge in [0.2, 0.25) is 0 Å². The highest BCUT2D eigenvalue weighted by atomic mass is 16.3. The van der Waals surface area contributed by atoms with E-state index in [4.69, 9.17) is 5.73 Å². The molecule has 0 aliphatic heterocycles. The van der Waals surface area contributed by atoms with Crippen LogP contribution in [0.3, 0.4) is 0 Å². The molecule has 0 spiro atoms. The molecule has 98 valence electrons. The topological polar surface area (TPSA) is 87.8 Å². The van der Waals surface area contributed by atoms with E-state index in [0.29, 0.717) is 5.69 Å². The molecule has 0 atom stereocenters. The number of nitrogens with two attached hydrogens (primary N) is 1. The molecule has 3 rings (SSSR count). The van der Waals surface area contributed by atoms with Crippen molar-refractivity contribution >= 4 is 16.5 Å². The minimum absolute atomic E-state index is 0.182. The monoisotopic (exact) mass is 256 g/mol. The van der Waals surface area contributed by atoms with Crippen LogP contribution in [0, 0.1) is 13.8 Å². The van der Waals surface area contributed by atoms with E-state index in [9.17, 15) is 5.11 Å². The van der Waals surface area contributed by atoms with E-state index in [0.717, 1.165) is 22.2 Å². The second kappa shape index (κ2) is 5.39. The highest BCUT2D eigenvalue weighted by molar-refractivity contribution is 5.94. The van der Waals surface area contributed by atoms with E-state index in [-0.39, 0.29) is 5.75 Å². The lowest BCUT2D eigenvalue weighted by Gasteiger charge is -2.06. The van der Waals surface area contributed by atoms with E-state index in [2.05, 4.69) is 15.2 Å². The molecule has 0 radical (unpaired) electrons. The Kier molecular flexibility index (Phi) is 3.66. The van der Waals surface area contributed by atoms with Crippen molar-refractivity contribution in [2.75, 3.05) is 5.73 Å². The molecule has 0 unspecified atom stereocenters. The quantitative estimate of drug-likeness (QED) is 0.426. The fraction of sp³-hybridized carbons (Fsp3) is 0.143. The van der Waals surface area contributed by atoms with E-state index in [1.54, 1.807) is 6.07 Å². The number of aromatic hydroxyl groups is 1. The summed E-state index contributed by atoms with van der Waals surface area (Å²) in [4.78, 5) is 3.75. The fourth-order valence-corrected chi connectivity index (χ4v) is 1.83. The maximum atomic E-state index is 9.66. The normalized spacial score (nSPS) is 10.0. The molecule has 4 N–H and O–H groups in total. The number of phenols is 1. The summed E-state index contributed by atoms with van der Waals surface area (Å²) in [5.74, 6) is 1.04. The number of H-pyrrole nitrogens is 1. The first-order valence-corrected chi connectivity index (χ1v) is 5.88. The van der Waals surface area contributed by atoms with Gasteiger partial charge in [-0.05, 0) is 30.9 Å². The number of nitrogens with one attached hydrogen (secondary N) is 1. The zero-order valence-corrected chi connectivity index (χ0v) is 10.9. The number of hydrogen-bond acceptors (Lipinski definition) is 4. The van der Waals surface area contributed by atoms with Crippen molar-refractivity contribution < 1.29 is 5.11 Å². The molecule has 1 heterocycles. The van der Waals surface area contributed by atoms with E-state index in [1.807, 2.05) is 38.1 Å². The summed E-state index contributed by atoms with van der Waals surface area (Å²) in [5, 5.41) is 17.8. The molecule has 3 aromatic rings. The Morgan fingerprint density at radius 2 is 1.84 bits per heavy atom. The molecule has 19 heavy (non-hydrogen) atoms. The summed E-state index contributed by atoms with van der Waals surface area (Å²) < 4.78 is 0. The fourth-order valence-electron chi connectivity index (χ4n) is 1.83. The first kappa shape index (κ1) is 12.9. The number of aromatic amines is 1. The largest absolute Gasteiger partial charge is 0.505 e. The molecule has 0 fully saturated rings. The Balaban J connectivity index is 0.000000186.